The molecule has 0 aromatic carbocycles. The smallest absolute Gasteiger partial charge is 0.305 e. The van der Waals surface area contributed by atoms with Gasteiger partial charge in [0.1, 0.15) is 0 Å². The summed E-state index contributed by atoms with van der Waals surface area (Å²) in [6, 6.07) is 0. The van der Waals surface area contributed by atoms with Gasteiger partial charge in [0, 0.05) is 6.42 Å². The Kier molecular flexibility index (Phi) is 8.74. The highest BCUT2D eigenvalue weighted by Gasteiger charge is 2.64. The predicted molar refractivity (Wildman–Crippen MR) is 161 cm³/mol. The largest absolute Gasteiger partial charge is 0.469 e. The maximum atomic E-state index is 12.0. The van der Waals surface area contributed by atoms with Crippen LogP contribution in [0.15, 0.2) is 5.16 Å². The Morgan fingerprint density at radius 3 is 2.37 bits per heavy atom. The molecule has 0 aromatic heterocycles. The fraction of sp³-hybridized carbons (Fsp3) is 0.935. The lowest BCUT2D eigenvalue weighted by Gasteiger charge is -2.63. The molecular formula is C31H57NO4Si2. The fourth-order valence-corrected chi connectivity index (χ4v) is 11.1. The molecule has 0 heterocycles. The van der Waals surface area contributed by atoms with Crippen LogP contribution in [-0.4, -0.2) is 41.5 Å². The summed E-state index contributed by atoms with van der Waals surface area (Å²) in [5.41, 5.74) is 1.88. The van der Waals surface area contributed by atoms with Crippen molar-refractivity contribution in [3.05, 3.63) is 0 Å². The zero-order valence-corrected chi connectivity index (χ0v) is 28.2. The van der Waals surface area contributed by atoms with Gasteiger partial charge in [-0.15, -0.1) is 5.16 Å². The number of hydrogen-bond donors (Lipinski definition) is 0. The molecule has 0 saturated heterocycles. The monoisotopic (exact) mass is 563 g/mol. The van der Waals surface area contributed by atoms with Crippen LogP contribution in [-0.2, 0) is 18.5 Å². The molecule has 7 unspecified atom stereocenters. The third-order valence-electron chi connectivity index (χ3n) is 11.3. The van der Waals surface area contributed by atoms with E-state index in [1.165, 1.54) is 51.3 Å². The molecule has 4 rings (SSSR count). The van der Waals surface area contributed by atoms with Crippen LogP contribution in [0.5, 0.6) is 0 Å². The van der Waals surface area contributed by atoms with Crippen molar-refractivity contribution >= 4 is 28.3 Å². The van der Waals surface area contributed by atoms with E-state index in [4.69, 9.17) is 18.8 Å². The van der Waals surface area contributed by atoms with Crippen LogP contribution in [0.1, 0.15) is 85.0 Å². The summed E-state index contributed by atoms with van der Waals surface area (Å²) >= 11 is 0. The van der Waals surface area contributed by atoms with Crippen molar-refractivity contribution in [2.75, 3.05) is 7.11 Å². The molecule has 38 heavy (non-hydrogen) atoms. The van der Waals surface area contributed by atoms with Crippen LogP contribution < -0.4 is 0 Å². The van der Waals surface area contributed by atoms with Gasteiger partial charge in [-0.3, -0.25) is 4.79 Å². The normalized spacial score (nSPS) is 41.2. The van der Waals surface area contributed by atoms with Crippen molar-refractivity contribution < 1.29 is 18.5 Å². The Labute approximate surface area is 235 Å². The molecular weight excluding hydrogens is 507 g/mol. The van der Waals surface area contributed by atoms with E-state index >= 15 is 0 Å². The van der Waals surface area contributed by atoms with E-state index in [-0.39, 0.29) is 11.4 Å². The average Bonchev–Trinajstić information content (AvgIpc) is 3.18. The van der Waals surface area contributed by atoms with Crippen molar-refractivity contribution in [3.8, 4) is 0 Å². The third kappa shape index (κ3) is 6.00. The highest BCUT2D eigenvalue weighted by atomic mass is 28.4. The van der Waals surface area contributed by atoms with E-state index in [1.807, 2.05) is 0 Å². The first kappa shape index (κ1) is 30.3. The number of nitrogens with zero attached hydrogens (tertiary/aromatic N) is 1. The zero-order chi connectivity index (χ0) is 28.1. The molecule has 9 atom stereocenters. The Hall–Kier alpha value is -0.666. The van der Waals surface area contributed by atoms with Crippen LogP contribution in [0.25, 0.3) is 0 Å². The van der Waals surface area contributed by atoms with E-state index in [1.54, 1.807) is 0 Å². The Morgan fingerprint density at radius 1 is 1.03 bits per heavy atom. The van der Waals surface area contributed by atoms with Crippen LogP contribution in [0.4, 0.5) is 0 Å². The number of methoxy groups -OCH3 is 1. The highest BCUT2D eigenvalue weighted by Crippen LogP contribution is 2.69. The van der Waals surface area contributed by atoms with Gasteiger partial charge in [0.05, 0.1) is 18.9 Å². The second kappa shape index (κ2) is 11.0. The second-order valence-corrected chi connectivity index (χ2v) is 24.7. The minimum Gasteiger partial charge on any atom is -0.469 e. The first-order chi connectivity index (χ1) is 17.6. The molecule has 0 amide bonds. The number of fused-ring (bicyclic) bond motifs is 5. The molecule has 218 valence electrons. The van der Waals surface area contributed by atoms with Gasteiger partial charge in [-0.1, -0.05) is 20.8 Å². The Morgan fingerprint density at radius 2 is 1.74 bits per heavy atom. The van der Waals surface area contributed by atoms with E-state index in [0.717, 1.165) is 42.9 Å². The maximum Gasteiger partial charge on any atom is 0.305 e. The third-order valence-corrected chi connectivity index (χ3v) is 12.9. The highest BCUT2D eigenvalue weighted by molar-refractivity contribution is 6.70. The molecule has 7 heteroatoms. The predicted octanol–water partition coefficient (Wildman–Crippen LogP) is 8.27. The van der Waals surface area contributed by atoms with Crippen molar-refractivity contribution in [2.24, 2.45) is 51.5 Å². The molecule has 0 aromatic rings. The number of rotatable bonds is 8. The molecule has 0 N–H and O–H groups in total. The van der Waals surface area contributed by atoms with Crippen molar-refractivity contribution in [1.29, 1.82) is 0 Å². The van der Waals surface area contributed by atoms with Gasteiger partial charge >= 0.3 is 5.97 Å². The molecule has 4 saturated carbocycles. The average molecular weight is 564 g/mol. The van der Waals surface area contributed by atoms with Crippen LogP contribution in [0, 0.1) is 46.3 Å². The number of esters is 1. The molecule has 0 radical (unpaired) electrons. The maximum absolute atomic E-state index is 12.0. The molecule has 4 aliphatic rings. The molecule has 0 spiro atoms. The van der Waals surface area contributed by atoms with Gasteiger partial charge < -0.3 is 13.7 Å². The number of carbonyl (C=O) groups is 1. The topological polar surface area (TPSA) is 57.1 Å². The molecule has 4 fully saturated rings. The van der Waals surface area contributed by atoms with E-state index in [9.17, 15) is 4.79 Å². The van der Waals surface area contributed by atoms with Gasteiger partial charge in [-0.05, 0) is 143 Å². The van der Waals surface area contributed by atoms with E-state index in [0.29, 0.717) is 29.8 Å². The number of oxime groups is 1. The van der Waals surface area contributed by atoms with Gasteiger partial charge in [-0.25, -0.2) is 0 Å². The summed E-state index contributed by atoms with van der Waals surface area (Å²) in [5.74, 6) is 4.05. The number of carbonyl (C=O) groups excluding carboxylic acids is 1. The van der Waals surface area contributed by atoms with E-state index in [2.05, 4.69) is 60.1 Å². The van der Waals surface area contributed by atoms with Crippen molar-refractivity contribution in [1.82, 2.24) is 0 Å². The molecule has 0 bridgehead atoms. The van der Waals surface area contributed by atoms with Crippen molar-refractivity contribution in [3.63, 3.8) is 0 Å². The second-order valence-electron chi connectivity index (χ2n) is 15.8. The minimum atomic E-state index is -1.73. The standard InChI is InChI=1S/C31H57NO4Si2/c1-21(11-16-29(33)34-4)25-14-15-26-24-13-12-22-19-23(32-36-38(8,9)10)17-18-30(22,2)27(24)20-28(31(25,26)3)35-37(5,6)7/h21-22,24-28H,11-20H2,1-10H3/t21?,22-,24?,25?,26?,27?,28+,30?,31?/m1/s1. The molecule has 5 nitrogen and oxygen atoms in total. The van der Waals surface area contributed by atoms with Gasteiger partial charge in [0.25, 0.3) is 8.32 Å². The Bertz CT molecular complexity index is 895. The van der Waals surface area contributed by atoms with Crippen molar-refractivity contribution in [2.45, 2.75) is 130 Å². The number of ether oxygens (including phenoxy) is 1. The quantitative estimate of drug-likeness (QED) is 0.169. The van der Waals surface area contributed by atoms with Gasteiger partial charge in [0.2, 0.25) is 0 Å². The number of hydrogen-bond acceptors (Lipinski definition) is 5. The summed E-state index contributed by atoms with van der Waals surface area (Å²) in [6.45, 7) is 21.4. The van der Waals surface area contributed by atoms with Crippen LogP contribution in [0.3, 0.4) is 0 Å². The first-order valence-electron chi connectivity index (χ1n) is 15.6. The summed E-state index contributed by atoms with van der Waals surface area (Å²) in [6.07, 6.45) is 11.8. The summed E-state index contributed by atoms with van der Waals surface area (Å²) < 4.78 is 18.2. The lowest BCUT2D eigenvalue weighted by atomic mass is 9.43. The van der Waals surface area contributed by atoms with Crippen LogP contribution >= 0.6 is 0 Å². The lowest BCUT2D eigenvalue weighted by molar-refractivity contribution is -0.158. The van der Waals surface area contributed by atoms with Gasteiger partial charge in [0.15, 0.2) is 8.32 Å². The molecule has 4 aliphatic carbocycles. The minimum absolute atomic E-state index is 0.0724. The first-order valence-corrected chi connectivity index (χ1v) is 22.4. The van der Waals surface area contributed by atoms with Crippen LogP contribution in [0.2, 0.25) is 39.3 Å². The van der Waals surface area contributed by atoms with E-state index < -0.39 is 16.6 Å². The Balaban J connectivity index is 1.59. The zero-order valence-electron chi connectivity index (χ0n) is 26.2. The van der Waals surface area contributed by atoms with Gasteiger partial charge in [-0.2, -0.15) is 0 Å². The summed E-state index contributed by atoms with van der Waals surface area (Å²) in [5, 5.41) is 4.70. The lowest BCUT2D eigenvalue weighted by Crippen LogP contribution is -2.60. The fourth-order valence-electron chi connectivity index (χ4n) is 9.49. The summed E-state index contributed by atoms with van der Waals surface area (Å²) in [7, 11) is -1.86. The summed E-state index contributed by atoms with van der Waals surface area (Å²) in [4.78, 5) is 12.0. The molecule has 0 aliphatic heterocycles. The SMILES string of the molecule is COC(=O)CCC(C)C1CCC2C3CC[C@@H]4CC(=NO[Si](C)(C)C)CCC4(C)C3C[C@H](O[Si](C)(C)C)C12C.